The molecule has 1 aromatic heterocycles. The molecular weight excluding hydrogens is 290 g/mol. The van der Waals surface area contributed by atoms with Gasteiger partial charge in [-0.25, -0.2) is 4.68 Å². The number of aromatic nitrogens is 2. The van der Waals surface area contributed by atoms with Crippen molar-refractivity contribution in [2.75, 3.05) is 17.3 Å². The largest absolute Gasteiger partial charge is 0.379 e. The van der Waals surface area contributed by atoms with E-state index in [4.69, 9.17) is 0 Å². The first-order valence-corrected chi connectivity index (χ1v) is 7.29. The third-order valence-electron chi connectivity index (χ3n) is 2.10. The lowest BCUT2D eigenvalue weighted by atomic mass is 10.3. The lowest BCUT2D eigenvalue weighted by Crippen LogP contribution is -2.26. The molecular formula is C10H16BrN3OS. The highest BCUT2D eigenvalue weighted by molar-refractivity contribution is 9.10. The van der Waals surface area contributed by atoms with Gasteiger partial charge >= 0.3 is 0 Å². The van der Waals surface area contributed by atoms with E-state index in [1.165, 1.54) is 4.68 Å². The molecule has 0 aromatic carbocycles. The predicted molar refractivity (Wildman–Crippen MR) is 73.3 cm³/mol. The Morgan fingerprint density at radius 2 is 2.38 bits per heavy atom. The molecule has 0 spiro atoms. The Morgan fingerprint density at radius 1 is 1.69 bits per heavy atom. The van der Waals surface area contributed by atoms with Crippen LogP contribution in [0.2, 0.25) is 0 Å². The third kappa shape index (κ3) is 3.25. The maximum atomic E-state index is 11.8. The number of aryl methyl sites for hydroxylation is 1. The normalized spacial score (nSPS) is 12.5. The minimum atomic E-state index is -0.0937. The first-order valence-electron chi connectivity index (χ1n) is 5.11. The van der Waals surface area contributed by atoms with Crippen molar-refractivity contribution in [2.24, 2.45) is 0 Å². The second-order valence-electron chi connectivity index (χ2n) is 3.49. The summed E-state index contributed by atoms with van der Waals surface area (Å²) in [6.45, 7) is 4.55. The van der Waals surface area contributed by atoms with E-state index >= 15 is 0 Å². The van der Waals surface area contributed by atoms with Crippen molar-refractivity contribution in [3.63, 3.8) is 0 Å². The van der Waals surface area contributed by atoms with Crippen LogP contribution in [0.1, 0.15) is 13.8 Å². The van der Waals surface area contributed by atoms with Crippen molar-refractivity contribution >= 4 is 33.4 Å². The summed E-state index contributed by atoms with van der Waals surface area (Å²) in [7, 11) is 0. The minimum absolute atomic E-state index is 0.0937. The van der Waals surface area contributed by atoms with Crippen LogP contribution >= 0.6 is 27.7 Å². The molecule has 0 saturated heterocycles. The van der Waals surface area contributed by atoms with Crippen LogP contribution in [0.5, 0.6) is 0 Å². The molecule has 0 radical (unpaired) electrons. The zero-order valence-corrected chi connectivity index (χ0v) is 12.1. The average Bonchev–Trinajstić information content (AvgIpc) is 2.25. The minimum Gasteiger partial charge on any atom is -0.379 e. The highest BCUT2D eigenvalue weighted by atomic mass is 79.9. The highest BCUT2D eigenvalue weighted by Gasteiger charge is 2.09. The molecule has 16 heavy (non-hydrogen) atoms. The van der Waals surface area contributed by atoms with Gasteiger partial charge in [-0.05, 0) is 36.0 Å². The Balaban J connectivity index is 2.90. The molecule has 90 valence electrons. The fourth-order valence-electron chi connectivity index (χ4n) is 1.35. The molecule has 0 aliphatic heterocycles. The van der Waals surface area contributed by atoms with Crippen molar-refractivity contribution in [2.45, 2.75) is 26.4 Å². The van der Waals surface area contributed by atoms with E-state index in [0.717, 1.165) is 11.4 Å². The van der Waals surface area contributed by atoms with Gasteiger partial charge in [-0.15, -0.1) is 0 Å². The average molecular weight is 306 g/mol. The van der Waals surface area contributed by atoms with E-state index in [1.54, 1.807) is 18.0 Å². The molecule has 4 nitrogen and oxygen atoms in total. The van der Waals surface area contributed by atoms with Crippen molar-refractivity contribution in [1.29, 1.82) is 0 Å². The van der Waals surface area contributed by atoms with Crippen LogP contribution in [-0.2, 0) is 6.54 Å². The Kier molecular flexibility index (Phi) is 5.34. The maximum Gasteiger partial charge on any atom is 0.283 e. The van der Waals surface area contributed by atoms with Gasteiger partial charge in [-0.2, -0.15) is 16.9 Å². The lowest BCUT2D eigenvalue weighted by molar-refractivity contribution is 0.612. The van der Waals surface area contributed by atoms with Gasteiger partial charge in [-0.1, -0.05) is 0 Å². The molecule has 1 heterocycles. The summed E-state index contributed by atoms with van der Waals surface area (Å²) < 4.78 is 1.98. The zero-order valence-electron chi connectivity index (χ0n) is 9.66. The molecule has 0 saturated carbocycles. The van der Waals surface area contributed by atoms with Crippen LogP contribution in [0.15, 0.2) is 15.5 Å². The summed E-state index contributed by atoms with van der Waals surface area (Å²) in [5.41, 5.74) is 0.667. The van der Waals surface area contributed by atoms with Crippen LogP contribution < -0.4 is 10.9 Å². The van der Waals surface area contributed by atoms with Gasteiger partial charge in [-0.3, -0.25) is 4.79 Å². The molecule has 0 fully saturated rings. The quantitative estimate of drug-likeness (QED) is 0.906. The number of hydrogen-bond acceptors (Lipinski definition) is 4. The molecule has 1 N–H and O–H groups in total. The van der Waals surface area contributed by atoms with E-state index in [9.17, 15) is 4.79 Å². The fraction of sp³-hybridized carbons (Fsp3) is 0.600. The van der Waals surface area contributed by atoms with Crippen LogP contribution in [-0.4, -0.2) is 27.8 Å². The summed E-state index contributed by atoms with van der Waals surface area (Å²) in [5, 5.41) is 7.34. The number of halogens is 1. The lowest BCUT2D eigenvalue weighted by Gasteiger charge is -2.15. The molecule has 1 unspecified atom stereocenters. The van der Waals surface area contributed by atoms with Gasteiger partial charge in [0.15, 0.2) is 0 Å². The number of nitrogens with zero attached hydrogens (tertiary/aromatic N) is 2. The molecule has 0 aliphatic rings. The molecule has 0 amide bonds. The molecule has 0 bridgehead atoms. The van der Waals surface area contributed by atoms with Crippen molar-refractivity contribution in [3.05, 3.63) is 21.0 Å². The van der Waals surface area contributed by atoms with Crippen LogP contribution in [0, 0.1) is 0 Å². The SMILES string of the molecule is CCn1ncc(NC(C)CSC)c(Br)c1=O. The van der Waals surface area contributed by atoms with E-state index in [0.29, 0.717) is 17.1 Å². The zero-order chi connectivity index (χ0) is 12.1. The number of rotatable bonds is 5. The summed E-state index contributed by atoms with van der Waals surface area (Å²) in [4.78, 5) is 11.8. The summed E-state index contributed by atoms with van der Waals surface area (Å²) in [5.74, 6) is 0.989. The van der Waals surface area contributed by atoms with E-state index in [2.05, 4.69) is 39.5 Å². The Bertz CT molecular complexity index is 408. The van der Waals surface area contributed by atoms with E-state index in [1.807, 2.05) is 6.92 Å². The number of anilines is 1. The molecule has 0 aliphatic carbocycles. The van der Waals surface area contributed by atoms with Gasteiger partial charge in [0.25, 0.3) is 5.56 Å². The van der Waals surface area contributed by atoms with Crippen molar-refractivity contribution in [1.82, 2.24) is 9.78 Å². The first kappa shape index (κ1) is 13.6. The standard InChI is InChI=1S/C10H16BrN3OS/c1-4-14-10(15)9(11)8(5-12-14)13-7(2)6-16-3/h5,7,13H,4,6H2,1-3H3. The van der Waals surface area contributed by atoms with E-state index < -0.39 is 0 Å². The summed E-state index contributed by atoms with van der Waals surface area (Å²) in [6, 6.07) is 0.310. The molecule has 1 aromatic rings. The predicted octanol–water partition coefficient (Wildman–Crippen LogP) is 2.19. The summed E-state index contributed by atoms with van der Waals surface area (Å²) >= 11 is 5.07. The number of nitrogens with one attached hydrogen (secondary N) is 1. The topological polar surface area (TPSA) is 46.9 Å². The fourth-order valence-corrected chi connectivity index (χ4v) is 2.35. The Hall–Kier alpha value is -0.490. The summed E-state index contributed by atoms with van der Waals surface area (Å²) in [6.07, 6.45) is 3.74. The second-order valence-corrected chi connectivity index (χ2v) is 5.20. The van der Waals surface area contributed by atoms with Gasteiger partial charge in [0.05, 0.1) is 11.9 Å². The highest BCUT2D eigenvalue weighted by Crippen LogP contribution is 2.17. The van der Waals surface area contributed by atoms with Gasteiger partial charge in [0, 0.05) is 18.3 Å². The van der Waals surface area contributed by atoms with Crippen molar-refractivity contribution < 1.29 is 0 Å². The van der Waals surface area contributed by atoms with Gasteiger partial charge < -0.3 is 5.32 Å². The Labute approximate surface area is 108 Å². The second kappa shape index (κ2) is 6.30. The third-order valence-corrected chi connectivity index (χ3v) is 3.70. The van der Waals surface area contributed by atoms with Crippen LogP contribution in [0.25, 0.3) is 0 Å². The molecule has 1 atom stereocenters. The first-order chi connectivity index (χ1) is 7.60. The van der Waals surface area contributed by atoms with Gasteiger partial charge in [0.2, 0.25) is 0 Å². The van der Waals surface area contributed by atoms with Crippen molar-refractivity contribution in [3.8, 4) is 0 Å². The Morgan fingerprint density at radius 3 is 2.94 bits per heavy atom. The monoisotopic (exact) mass is 305 g/mol. The van der Waals surface area contributed by atoms with Crippen LogP contribution in [0.4, 0.5) is 5.69 Å². The smallest absolute Gasteiger partial charge is 0.283 e. The van der Waals surface area contributed by atoms with Gasteiger partial charge in [0.1, 0.15) is 4.47 Å². The number of thioether (sulfide) groups is 1. The van der Waals surface area contributed by atoms with E-state index in [-0.39, 0.29) is 5.56 Å². The molecule has 6 heteroatoms. The number of hydrogen-bond donors (Lipinski definition) is 1. The maximum absolute atomic E-state index is 11.8. The van der Waals surface area contributed by atoms with Crippen LogP contribution in [0.3, 0.4) is 0 Å². The molecule has 1 rings (SSSR count).